The van der Waals surface area contributed by atoms with Crippen molar-refractivity contribution in [3.63, 3.8) is 0 Å². The molecule has 5 nitrogen and oxygen atoms in total. The largest absolute Gasteiger partial charge is 0.408 e. The lowest BCUT2D eigenvalue weighted by molar-refractivity contribution is -0.142. The lowest BCUT2D eigenvalue weighted by atomic mass is 10.3. The lowest BCUT2D eigenvalue weighted by Gasteiger charge is -2.04. The van der Waals surface area contributed by atoms with Crippen LogP contribution >= 0.6 is 0 Å². The molecule has 1 amide bonds. The van der Waals surface area contributed by atoms with Gasteiger partial charge >= 0.3 is 6.18 Å². The average molecular weight is 222 g/mol. The van der Waals surface area contributed by atoms with Crippen LogP contribution in [0, 0.1) is 0 Å². The minimum absolute atomic E-state index is 0.0678. The molecule has 0 bridgehead atoms. The molecule has 0 aliphatic rings. The number of halogens is 3. The second-order valence-corrected chi connectivity index (χ2v) is 2.82. The Hall–Kier alpha value is -1.73. The maximum Gasteiger partial charge on any atom is 0.408 e. The van der Waals surface area contributed by atoms with Gasteiger partial charge in [0, 0.05) is 13.2 Å². The van der Waals surface area contributed by atoms with Crippen molar-refractivity contribution in [2.75, 3.05) is 12.8 Å². The number of hydrogen-bond acceptors (Lipinski definition) is 3. The molecule has 8 heteroatoms. The van der Waals surface area contributed by atoms with E-state index < -0.39 is 18.6 Å². The number of nitrogens with one attached hydrogen (secondary N) is 1. The number of hydrogen-bond donors (Lipinski definition) is 2. The standard InChI is InChI=1S/C7H9F3N4O/c1-12-6(15)4-2-14(13-5(4)11)3-7(8,9)10/h2H,3H2,1H3,(H2,11,13)(H,12,15). The van der Waals surface area contributed by atoms with E-state index in [1.807, 2.05) is 0 Å². The third kappa shape index (κ3) is 2.86. The number of aromatic nitrogens is 2. The Labute approximate surface area is 83.0 Å². The first kappa shape index (κ1) is 11.3. The number of carbonyl (C=O) groups excluding carboxylic acids is 1. The zero-order valence-electron chi connectivity index (χ0n) is 7.80. The van der Waals surface area contributed by atoms with Crippen LogP contribution in [0.15, 0.2) is 6.20 Å². The van der Waals surface area contributed by atoms with Crippen molar-refractivity contribution in [3.05, 3.63) is 11.8 Å². The van der Waals surface area contributed by atoms with Crippen LogP contribution in [0.5, 0.6) is 0 Å². The molecule has 0 fully saturated rings. The van der Waals surface area contributed by atoms with Crippen LogP contribution in [0.4, 0.5) is 19.0 Å². The predicted molar refractivity (Wildman–Crippen MR) is 46.1 cm³/mol. The molecule has 84 valence electrons. The number of anilines is 1. The second kappa shape index (κ2) is 3.79. The quantitative estimate of drug-likeness (QED) is 0.760. The van der Waals surface area contributed by atoms with Crippen LogP contribution in [0.1, 0.15) is 10.4 Å². The Kier molecular flexibility index (Phi) is 2.87. The molecule has 0 spiro atoms. The first-order valence-electron chi connectivity index (χ1n) is 3.95. The van der Waals surface area contributed by atoms with Crippen molar-refractivity contribution in [2.45, 2.75) is 12.7 Å². The molecule has 0 saturated heterocycles. The van der Waals surface area contributed by atoms with Gasteiger partial charge in [0.05, 0.1) is 0 Å². The molecular weight excluding hydrogens is 213 g/mol. The molecule has 0 atom stereocenters. The number of carbonyl (C=O) groups is 1. The van der Waals surface area contributed by atoms with Gasteiger partial charge in [0.15, 0.2) is 5.82 Å². The molecule has 0 radical (unpaired) electrons. The van der Waals surface area contributed by atoms with Crippen molar-refractivity contribution in [1.82, 2.24) is 15.1 Å². The van der Waals surface area contributed by atoms with E-state index >= 15 is 0 Å². The van der Waals surface area contributed by atoms with E-state index in [2.05, 4.69) is 10.4 Å². The smallest absolute Gasteiger partial charge is 0.382 e. The molecule has 0 aliphatic heterocycles. The third-order valence-corrected chi connectivity index (χ3v) is 1.60. The molecule has 1 heterocycles. The van der Waals surface area contributed by atoms with Crippen molar-refractivity contribution in [2.24, 2.45) is 0 Å². The van der Waals surface area contributed by atoms with Gasteiger partial charge in [-0.15, -0.1) is 0 Å². The summed E-state index contributed by atoms with van der Waals surface area (Å²) in [5.41, 5.74) is 5.21. The minimum Gasteiger partial charge on any atom is -0.382 e. The Morgan fingerprint density at radius 1 is 1.67 bits per heavy atom. The monoisotopic (exact) mass is 222 g/mol. The molecule has 0 unspecified atom stereocenters. The Morgan fingerprint density at radius 3 is 2.73 bits per heavy atom. The summed E-state index contributed by atoms with van der Waals surface area (Å²) in [6.07, 6.45) is -3.43. The number of nitrogen functional groups attached to an aromatic ring is 1. The first-order chi connectivity index (χ1) is 6.83. The lowest BCUT2D eigenvalue weighted by Crippen LogP contribution is -2.19. The summed E-state index contributed by atoms with van der Waals surface area (Å²) in [7, 11) is 1.35. The van der Waals surface area contributed by atoms with Gasteiger partial charge in [-0.25, -0.2) is 0 Å². The van der Waals surface area contributed by atoms with Crippen LogP contribution in [-0.2, 0) is 6.54 Å². The highest BCUT2D eigenvalue weighted by Crippen LogP contribution is 2.18. The van der Waals surface area contributed by atoms with Gasteiger partial charge in [0.1, 0.15) is 12.1 Å². The van der Waals surface area contributed by atoms with Gasteiger partial charge < -0.3 is 11.1 Å². The van der Waals surface area contributed by atoms with Crippen molar-refractivity contribution in [1.29, 1.82) is 0 Å². The van der Waals surface area contributed by atoms with E-state index in [0.717, 1.165) is 6.20 Å². The number of nitrogens with zero attached hydrogens (tertiary/aromatic N) is 2. The molecule has 0 aromatic carbocycles. The van der Waals surface area contributed by atoms with Crippen LogP contribution in [0.25, 0.3) is 0 Å². The number of nitrogens with two attached hydrogens (primary N) is 1. The molecule has 0 saturated carbocycles. The van der Waals surface area contributed by atoms with Gasteiger partial charge in [-0.3, -0.25) is 9.48 Å². The maximum absolute atomic E-state index is 12.0. The predicted octanol–water partition coefficient (Wildman–Crippen LogP) is 0.387. The Balaban J connectivity index is 2.91. The molecule has 3 N–H and O–H groups in total. The molecule has 15 heavy (non-hydrogen) atoms. The summed E-state index contributed by atoms with van der Waals surface area (Å²) in [6, 6.07) is 0. The zero-order valence-corrected chi connectivity index (χ0v) is 7.80. The summed E-state index contributed by atoms with van der Waals surface area (Å²) < 4.78 is 36.5. The summed E-state index contributed by atoms with van der Waals surface area (Å²) in [6.45, 7) is -1.27. The molecule has 1 aromatic heterocycles. The van der Waals surface area contributed by atoms with Crippen molar-refractivity contribution < 1.29 is 18.0 Å². The SMILES string of the molecule is CNC(=O)c1cn(CC(F)(F)F)nc1N. The van der Waals surface area contributed by atoms with E-state index in [4.69, 9.17) is 5.73 Å². The highest BCUT2D eigenvalue weighted by Gasteiger charge is 2.29. The number of rotatable bonds is 2. The summed E-state index contributed by atoms with van der Waals surface area (Å²) in [4.78, 5) is 11.1. The summed E-state index contributed by atoms with van der Waals surface area (Å²) >= 11 is 0. The van der Waals surface area contributed by atoms with E-state index in [1.54, 1.807) is 0 Å². The first-order valence-corrected chi connectivity index (χ1v) is 3.95. The third-order valence-electron chi connectivity index (χ3n) is 1.60. The fraction of sp³-hybridized carbons (Fsp3) is 0.429. The summed E-state index contributed by atoms with van der Waals surface area (Å²) in [5.74, 6) is -0.792. The Morgan fingerprint density at radius 2 is 2.27 bits per heavy atom. The topological polar surface area (TPSA) is 72.9 Å². The van der Waals surface area contributed by atoms with Gasteiger partial charge in [-0.05, 0) is 0 Å². The van der Waals surface area contributed by atoms with E-state index in [-0.39, 0.29) is 11.4 Å². The van der Waals surface area contributed by atoms with Gasteiger partial charge in [-0.1, -0.05) is 0 Å². The van der Waals surface area contributed by atoms with E-state index in [0.29, 0.717) is 4.68 Å². The second-order valence-electron chi connectivity index (χ2n) is 2.82. The zero-order chi connectivity index (χ0) is 11.6. The van der Waals surface area contributed by atoms with E-state index in [1.165, 1.54) is 7.05 Å². The van der Waals surface area contributed by atoms with Crippen LogP contribution in [0.3, 0.4) is 0 Å². The molecule has 0 aliphatic carbocycles. The normalized spacial score (nSPS) is 11.5. The highest BCUT2D eigenvalue weighted by molar-refractivity contribution is 5.97. The van der Waals surface area contributed by atoms with E-state index in [9.17, 15) is 18.0 Å². The van der Waals surface area contributed by atoms with Crippen LogP contribution in [-0.4, -0.2) is 28.9 Å². The molecular formula is C7H9F3N4O. The van der Waals surface area contributed by atoms with Crippen LogP contribution in [0.2, 0.25) is 0 Å². The number of alkyl halides is 3. The van der Waals surface area contributed by atoms with Gasteiger partial charge in [0.25, 0.3) is 5.91 Å². The minimum atomic E-state index is -4.39. The van der Waals surface area contributed by atoms with Crippen LogP contribution < -0.4 is 11.1 Å². The summed E-state index contributed by atoms with van der Waals surface area (Å²) in [5, 5.41) is 5.62. The van der Waals surface area contributed by atoms with Gasteiger partial charge in [-0.2, -0.15) is 18.3 Å². The fourth-order valence-corrected chi connectivity index (χ4v) is 1.01. The van der Waals surface area contributed by atoms with Crippen molar-refractivity contribution in [3.8, 4) is 0 Å². The highest BCUT2D eigenvalue weighted by atomic mass is 19.4. The van der Waals surface area contributed by atoms with Crippen molar-refractivity contribution >= 4 is 11.7 Å². The molecule has 1 aromatic rings. The maximum atomic E-state index is 12.0. The average Bonchev–Trinajstić information content (AvgIpc) is 2.42. The van der Waals surface area contributed by atoms with Gasteiger partial charge in [0.2, 0.25) is 0 Å². The molecule has 1 rings (SSSR count). The fourth-order valence-electron chi connectivity index (χ4n) is 1.01. The Bertz CT molecular complexity index is 371. The number of amides is 1.